The molecule has 0 spiro atoms. The predicted octanol–water partition coefficient (Wildman–Crippen LogP) is 1.54. The second-order valence-electron chi connectivity index (χ2n) is 3.15. The topological polar surface area (TPSA) is 43.9 Å². The average Bonchev–Trinajstić information content (AvgIpc) is 2.62. The predicted molar refractivity (Wildman–Crippen MR) is 47.3 cm³/mol. The van der Waals surface area contributed by atoms with Crippen LogP contribution in [0.4, 0.5) is 0 Å². The van der Waals surface area contributed by atoms with Crippen LogP contribution in [0.25, 0.3) is 0 Å². The highest BCUT2D eigenvalue weighted by atomic mass is 16.5. The van der Waals surface area contributed by atoms with Crippen molar-refractivity contribution in [2.24, 2.45) is 0 Å². The van der Waals surface area contributed by atoms with Crippen molar-refractivity contribution in [3.8, 4) is 0 Å². The third kappa shape index (κ3) is 1.77. The number of hydrogen-bond donors (Lipinski definition) is 0. The molecule has 0 aromatic carbocycles. The molecule has 4 nitrogen and oxygen atoms in total. The van der Waals surface area contributed by atoms with E-state index in [2.05, 4.69) is 10.3 Å². The maximum absolute atomic E-state index is 5.07. The van der Waals surface area contributed by atoms with Crippen LogP contribution < -0.4 is 0 Å². The first kappa shape index (κ1) is 8.04. The van der Waals surface area contributed by atoms with Gasteiger partial charge in [0.1, 0.15) is 6.54 Å². The number of aryl methyl sites for hydroxylation is 2. The summed E-state index contributed by atoms with van der Waals surface area (Å²) in [6.45, 7) is 4.56. The molecule has 0 unspecified atom stereocenters. The van der Waals surface area contributed by atoms with Crippen LogP contribution >= 0.6 is 0 Å². The zero-order valence-electron chi connectivity index (χ0n) is 7.69. The lowest BCUT2D eigenvalue weighted by atomic mass is 10.4. The fraction of sp³-hybridized carbons (Fsp3) is 0.333. The van der Waals surface area contributed by atoms with Crippen molar-refractivity contribution >= 4 is 0 Å². The summed E-state index contributed by atoms with van der Waals surface area (Å²) in [6, 6.07) is 1.91. The second-order valence-corrected chi connectivity index (χ2v) is 3.15. The van der Waals surface area contributed by atoms with Gasteiger partial charge in [-0.15, -0.1) is 0 Å². The first-order valence-corrected chi connectivity index (χ1v) is 4.15. The summed E-state index contributed by atoms with van der Waals surface area (Å²) in [6.07, 6.45) is 3.79. The summed E-state index contributed by atoms with van der Waals surface area (Å²) in [5.74, 6) is 0.834. The lowest BCUT2D eigenvalue weighted by Gasteiger charge is -1.94. The van der Waals surface area contributed by atoms with Crippen molar-refractivity contribution in [1.29, 1.82) is 0 Å². The van der Waals surface area contributed by atoms with Crippen LogP contribution in [0.2, 0.25) is 0 Å². The van der Waals surface area contributed by atoms with Gasteiger partial charge in [-0.05, 0) is 19.4 Å². The Balaban J connectivity index is 2.14. The van der Waals surface area contributed by atoms with Crippen LogP contribution in [0.15, 0.2) is 23.0 Å². The van der Waals surface area contributed by atoms with Crippen molar-refractivity contribution in [2.45, 2.75) is 20.4 Å². The molecule has 4 heteroatoms. The fourth-order valence-electron chi connectivity index (χ4n) is 1.20. The molecule has 0 amide bonds. The van der Waals surface area contributed by atoms with Crippen LogP contribution in [-0.4, -0.2) is 14.9 Å². The number of hydrogen-bond acceptors (Lipinski definition) is 3. The maximum atomic E-state index is 5.07. The highest BCUT2D eigenvalue weighted by molar-refractivity contribution is 5.05. The Hall–Kier alpha value is -1.58. The van der Waals surface area contributed by atoms with Gasteiger partial charge >= 0.3 is 0 Å². The highest BCUT2D eigenvalue weighted by Gasteiger charge is 2.01. The van der Waals surface area contributed by atoms with Crippen LogP contribution in [0.5, 0.6) is 0 Å². The summed E-state index contributed by atoms with van der Waals surface area (Å²) in [5.41, 5.74) is 2.05. The average molecular weight is 177 g/mol. The second kappa shape index (κ2) is 3.05. The van der Waals surface area contributed by atoms with E-state index in [0.717, 1.165) is 17.0 Å². The molecule has 0 fully saturated rings. The molecule has 0 aliphatic carbocycles. The minimum Gasteiger partial charge on any atom is -0.359 e. The van der Waals surface area contributed by atoms with Gasteiger partial charge in [0.2, 0.25) is 0 Å². The van der Waals surface area contributed by atoms with Crippen molar-refractivity contribution < 1.29 is 4.52 Å². The van der Waals surface area contributed by atoms with Gasteiger partial charge < -0.3 is 4.52 Å². The first-order valence-electron chi connectivity index (χ1n) is 4.15. The van der Waals surface area contributed by atoms with E-state index in [-0.39, 0.29) is 0 Å². The first-order chi connectivity index (χ1) is 6.24. The van der Waals surface area contributed by atoms with Gasteiger partial charge in [0.25, 0.3) is 0 Å². The summed E-state index contributed by atoms with van der Waals surface area (Å²) in [4.78, 5) is 0. The third-order valence-electron chi connectivity index (χ3n) is 1.76. The summed E-state index contributed by atoms with van der Waals surface area (Å²) in [5, 5.41) is 7.95. The number of aromatic nitrogens is 3. The molecule has 68 valence electrons. The van der Waals surface area contributed by atoms with E-state index in [9.17, 15) is 0 Å². The largest absolute Gasteiger partial charge is 0.359 e. The Morgan fingerprint density at radius 2 is 2.31 bits per heavy atom. The molecule has 2 rings (SSSR count). The van der Waals surface area contributed by atoms with Crippen LogP contribution in [0, 0.1) is 13.8 Å². The van der Waals surface area contributed by atoms with Crippen molar-refractivity contribution in [3.05, 3.63) is 35.5 Å². The molecule has 0 saturated heterocycles. The molecule has 2 aromatic heterocycles. The molecular weight excluding hydrogens is 166 g/mol. The van der Waals surface area contributed by atoms with Crippen LogP contribution in [-0.2, 0) is 6.54 Å². The number of nitrogens with zero attached hydrogens (tertiary/aromatic N) is 3. The lowest BCUT2D eigenvalue weighted by molar-refractivity contribution is 0.368. The Bertz CT molecular complexity index is 364. The Kier molecular flexibility index (Phi) is 1.88. The van der Waals surface area contributed by atoms with E-state index in [1.807, 2.05) is 37.0 Å². The molecule has 0 aliphatic heterocycles. The maximum Gasteiger partial charge on any atom is 0.158 e. The highest BCUT2D eigenvalue weighted by Crippen LogP contribution is 2.04. The molecule has 0 aliphatic rings. The monoisotopic (exact) mass is 177 g/mol. The van der Waals surface area contributed by atoms with Gasteiger partial charge in [-0.3, -0.25) is 4.68 Å². The van der Waals surface area contributed by atoms with Gasteiger partial charge in [0.15, 0.2) is 5.76 Å². The van der Waals surface area contributed by atoms with E-state index in [1.54, 1.807) is 0 Å². The van der Waals surface area contributed by atoms with Gasteiger partial charge in [-0.2, -0.15) is 5.10 Å². The minimum atomic E-state index is 0.647. The van der Waals surface area contributed by atoms with Crippen LogP contribution in [0.3, 0.4) is 0 Å². The van der Waals surface area contributed by atoms with Crippen molar-refractivity contribution in [1.82, 2.24) is 14.9 Å². The molecule has 13 heavy (non-hydrogen) atoms. The third-order valence-corrected chi connectivity index (χ3v) is 1.76. The number of rotatable bonds is 2. The van der Waals surface area contributed by atoms with E-state index in [1.165, 1.54) is 0 Å². The fourth-order valence-corrected chi connectivity index (χ4v) is 1.20. The van der Waals surface area contributed by atoms with Crippen molar-refractivity contribution in [3.63, 3.8) is 0 Å². The van der Waals surface area contributed by atoms with Crippen molar-refractivity contribution in [2.75, 3.05) is 0 Å². The smallest absolute Gasteiger partial charge is 0.158 e. The molecular formula is C9H11N3O. The van der Waals surface area contributed by atoms with Gasteiger partial charge in [-0.1, -0.05) is 5.16 Å². The van der Waals surface area contributed by atoms with Crippen LogP contribution in [0.1, 0.15) is 17.0 Å². The molecule has 0 radical (unpaired) electrons. The molecule has 2 aromatic rings. The lowest BCUT2D eigenvalue weighted by Crippen LogP contribution is -1.98. The molecule has 0 bridgehead atoms. The van der Waals surface area contributed by atoms with Gasteiger partial charge in [0.05, 0.1) is 11.9 Å². The van der Waals surface area contributed by atoms with E-state index in [0.29, 0.717) is 6.54 Å². The Morgan fingerprint density at radius 3 is 2.85 bits per heavy atom. The standard InChI is InChI=1S/C9H11N3O/c1-7-4-10-12(5-7)6-9-3-8(2)11-13-9/h3-5H,6H2,1-2H3. The van der Waals surface area contributed by atoms with E-state index in [4.69, 9.17) is 4.52 Å². The molecule has 0 N–H and O–H groups in total. The SMILES string of the molecule is Cc1cnn(Cc2cc(C)no2)c1. The summed E-state index contributed by atoms with van der Waals surface area (Å²) >= 11 is 0. The van der Waals surface area contributed by atoms with Gasteiger partial charge in [-0.25, -0.2) is 0 Å². The van der Waals surface area contributed by atoms with E-state index < -0.39 is 0 Å². The Labute approximate surface area is 76.2 Å². The zero-order valence-corrected chi connectivity index (χ0v) is 7.69. The summed E-state index contributed by atoms with van der Waals surface area (Å²) in [7, 11) is 0. The van der Waals surface area contributed by atoms with E-state index >= 15 is 0 Å². The minimum absolute atomic E-state index is 0.647. The van der Waals surface area contributed by atoms with Gasteiger partial charge in [0, 0.05) is 12.3 Å². The zero-order chi connectivity index (χ0) is 9.26. The summed E-state index contributed by atoms with van der Waals surface area (Å²) < 4.78 is 6.90. The molecule has 0 atom stereocenters. The normalized spacial score (nSPS) is 10.6. The Morgan fingerprint density at radius 1 is 1.46 bits per heavy atom. The quantitative estimate of drug-likeness (QED) is 0.698. The molecule has 0 saturated carbocycles. The molecule has 2 heterocycles.